The Hall–Kier alpha value is -2.04. The lowest BCUT2D eigenvalue weighted by atomic mass is 10.1. The summed E-state index contributed by atoms with van der Waals surface area (Å²) in [6, 6.07) is 6.07. The minimum Gasteiger partial charge on any atom is -0.548 e. The second-order valence-corrected chi connectivity index (χ2v) is 5.52. The second-order valence-electron chi connectivity index (χ2n) is 5.52. The summed E-state index contributed by atoms with van der Waals surface area (Å²) in [5.74, 6) is -1.28. The standard InChI is InChI=1S/C14H17NO4/c1-14(2,3)19-13(18)15-10-7-5-4-6-9(10)8-11(15)12(16)17/h4-7,11H,8H2,1-3H3,(H,16,17)/p-1. The molecule has 1 aromatic rings. The topological polar surface area (TPSA) is 69.7 Å². The summed E-state index contributed by atoms with van der Waals surface area (Å²) < 4.78 is 5.25. The first-order valence-electron chi connectivity index (χ1n) is 6.10. The zero-order valence-corrected chi connectivity index (χ0v) is 11.2. The molecular weight excluding hydrogens is 246 g/mol. The number of aliphatic carboxylic acids is 1. The molecule has 1 unspecified atom stereocenters. The Morgan fingerprint density at radius 3 is 2.53 bits per heavy atom. The van der Waals surface area contributed by atoms with E-state index < -0.39 is 23.7 Å². The van der Waals surface area contributed by atoms with E-state index in [1.54, 1.807) is 39.0 Å². The highest BCUT2D eigenvalue weighted by Crippen LogP contribution is 2.33. The Labute approximate surface area is 111 Å². The highest BCUT2D eigenvalue weighted by molar-refractivity contribution is 5.98. The Balaban J connectivity index is 2.34. The molecule has 1 aromatic carbocycles. The predicted molar refractivity (Wildman–Crippen MR) is 67.7 cm³/mol. The molecule has 0 N–H and O–H groups in total. The van der Waals surface area contributed by atoms with E-state index in [0.717, 1.165) is 10.5 Å². The van der Waals surface area contributed by atoms with Crippen molar-refractivity contribution >= 4 is 17.7 Å². The molecule has 2 rings (SSSR count). The number of carbonyl (C=O) groups excluding carboxylic acids is 2. The number of ether oxygens (including phenoxy) is 1. The SMILES string of the molecule is CC(C)(C)OC(=O)N1c2ccccc2CC1C(=O)[O-]. The van der Waals surface area contributed by atoms with Crippen LogP contribution in [0.4, 0.5) is 10.5 Å². The number of carboxylic acid groups (broad SMARTS) is 1. The maximum absolute atomic E-state index is 12.2. The van der Waals surface area contributed by atoms with Crippen molar-refractivity contribution in [2.24, 2.45) is 0 Å². The van der Waals surface area contributed by atoms with Crippen molar-refractivity contribution in [3.05, 3.63) is 29.8 Å². The van der Waals surface area contributed by atoms with Gasteiger partial charge in [-0.2, -0.15) is 0 Å². The summed E-state index contributed by atoms with van der Waals surface area (Å²) >= 11 is 0. The van der Waals surface area contributed by atoms with Gasteiger partial charge in [0.2, 0.25) is 0 Å². The van der Waals surface area contributed by atoms with Gasteiger partial charge in [-0.25, -0.2) is 4.79 Å². The molecule has 0 bridgehead atoms. The number of nitrogens with zero attached hydrogens (tertiary/aromatic N) is 1. The van der Waals surface area contributed by atoms with Gasteiger partial charge in [0, 0.05) is 6.42 Å². The summed E-state index contributed by atoms with van der Waals surface area (Å²) in [5, 5.41) is 11.2. The van der Waals surface area contributed by atoms with Crippen molar-refractivity contribution in [1.82, 2.24) is 0 Å². The number of carbonyl (C=O) groups is 2. The first-order chi connectivity index (χ1) is 8.79. The third-order valence-electron chi connectivity index (χ3n) is 2.84. The number of fused-ring (bicyclic) bond motifs is 1. The number of benzene rings is 1. The Kier molecular flexibility index (Phi) is 3.22. The number of hydrogen-bond donors (Lipinski definition) is 0. The van der Waals surface area contributed by atoms with Crippen LogP contribution < -0.4 is 10.0 Å². The number of para-hydroxylation sites is 1. The minimum atomic E-state index is -1.28. The third kappa shape index (κ3) is 2.70. The predicted octanol–water partition coefficient (Wildman–Crippen LogP) is 1.10. The third-order valence-corrected chi connectivity index (χ3v) is 2.84. The van der Waals surface area contributed by atoms with Gasteiger partial charge in [-0.15, -0.1) is 0 Å². The van der Waals surface area contributed by atoms with Crippen molar-refractivity contribution < 1.29 is 19.4 Å². The molecule has 1 heterocycles. The van der Waals surface area contributed by atoms with E-state index in [2.05, 4.69) is 0 Å². The molecule has 0 spiro atoms. The minimum absolute atomic E-state index is 0.248. The van der Waals surface area contributed by atoms with Crippen LogP contribution in [0.5, 0.6) is 0 Å². The lowest BCUT2D eigenvalue weighted by Crippen LogP contribution is -2.50. The van der Waals surface area contributed by atoms with Crippen molar-refractivity contribution in [2.75, 3.05) is 4.90 Å². The maximum atomic E-state index is 12.2. The van der Waals surface area contributed by atoms with Gasteiger partial charge in [0.15, 0.2) is 0 Å². The van der Waals surface area contributed by atoms with Crippen LogP contribution in [0.2, 0.25) is 0 Å². The van der Waals surface area contributed by atoms with Gasteiger partial charge >= 0.3 is 6.09 Å². The molecule has 5 nitrogen and oxygen atoms in total. The Bertz CT molecular complexity index is 518. The normalized spacial score (nSPS) is 18.1. The molecule has 1 amide bonds. The summed E-state index contributed by atoms with van der Waals surface area (Å²) in [6.45, 7) is 5.21. The summed E-state index contributed by atoms with van der Waals surface area (Å²) in [4.78, 5) is 24.5. The molecule has 1 atom stereocenters. The molecule has 0 saturated heterocycles. The van der Waals surface area contributed by atoms with Gasteiger partial charge in [0.05, 0.1) is 17.7 Å². The molecule has 1 aliphatic heterocycles. The molecule has 102 valence electrons. The zero-order chi connectivity index (χ0) is 14.2. The first kappa shape index (κ1) is 13.4. The number of carboxylic acids is 1. The van der Waals surface area contributed by atoms with Crippen molar-refractivity contribution in [2.45, 2.75) is 38.8 Å². The Morgan fingerprint density at radius 1 is 1.32 bits per heavy atom. The summed E-state index contributed by atoms with van der Waals surface area (Å²) in [7, 11) is 0. The maximum Gasteiger partial charge on any atom is 0.415 e. The number of anilines is 1. The van der Waals surface area contributed by atoms with E-state index in [4.69, 9.17) is 4.74 Å². The van der Waals surface area contributed by atoms with E-state index >= 15 is 0 Å². The van der Waals surface area contributed by atoms with Crippen LogP contribution in [0.25, 0.3) is 0 Å². The summed E-state index contributed by atoms with van der Waals surface area (Å²) in [6.07, 6.45) is -0.413. The van der Waals surface area contributed by atoms with Gasteiger partial charge in [0.25, 0.3) is 0 Å². The van der Waals surface area contributed by atoms with Crippen LogP contribution in [0.3, 0.4) is 0 Å². The van der Waals surface area contributed by atoms with Gasteiger partial charge in [-0.3, -0.25) is 4.90 Å². The van der Waals surface area contributed by atoms with Crippen molar-refractivity contribution in [1.29, 1.82) is 0 Å². The smallest absolute Gasteiger partial charge is 0.415 e. The fraction of sp³-hybridized carbons (Fsp3) is 0.429. The fourth-order valence-electron chi connectivity index (χ4n) is 2.11. The largest absolute Gasteiger partial charge is 0.548 e. The molecule has 0 aromatic heterocycles. The van der Waals surface area contributed by atoms with Crippen molar-refractivity contribution in [3.8, 4) is 0 Å². The second kappa shape index (κ2) is 4.57. The lowest BCUT2D eigenvalue weighted by Gasteiger charge is -2.29. The van der Waals surface area contributed by atoms with E-state index in [0.29, 0.717) is 5.69 Å². The number of rotatable bonds is 1. The zero-order valence-electron chi connectivity index (χ0n) is 11.2. The van der Waals surface area contributed by atoms with Crippen LogP contribution in [0, 0.1) is 0 Å². The first-order valence-corrected chi connectivity index (χ1v) is 6.10. The average Bonchev–Trinajstić information content (AvgIpc) is 2.65. The summed E-state index contributed by atoms with van der Waals surface area (Å²) in [5.41, 5.74) is 0.707. The van der Waals surface area contributed by atoms with Gasteiger partial charge < -0.3 is 14.6 Å². The number of hydrogen-bond acceptors (Lipinski definition) is 4. The highest BCUT2D eigenvalue weighted by Gasteiger charge is 2.36. The molecule has 0 aliphatic carbocycles. The Morgan fingerprint density at radius 2 is 1.95 bits per heavy atom. The molecule has 0 saturated carbocycles. The number of amides is 1. The monoisotopic (exact) mass is 262 g/mol. The van der Waals surface area contributed by atoms with Crippen molar-refractivity contribution in [3.63, 3.8) is 0 Å². The van der Waals surface area contributed by atoms with Crippen LogP contribution >= 0.6 is 0 Å². The van der Waals surface area contributed by atoms with Crippen LogP contribution in [0.1, 0.15) is 26.3 Å². The molecule has 19 heavy (non-hydrogen) atoms. The van der Waals surface area contributed by atoms with Gasteiger partial charge in [-0.05, 0) is 32.4 Å². The van der Waals surface area contributed by atoms with Gasteiger partial charge in [0.1, 0.15) is 5.60 Å². The lowest BCUT2D eigenvalue weighted by molar-refractivity contribution is -0.307. The molecule has 0 fully saturated rings. The van der Waals surface area contributed by atoms with Crippen LogP contribution in [-0.2, 0) is 16.0 Å². The van der Waals surface area contributed by atoms with E-state index in [1.807, 2.05) is 6.07 Å². The fourth-order valence-corrected chi connectivity index (χ4v) is 2.11. The van der Waals surface area contributed by atoms with E-state index in [9.17, 15) is 14.7 Å². The molecular formula is C14H16NO4-. The van der Waals surface area contributed by atoms with E-state index in [-0.39, 0.29) is 6.42 Å². The highest BCUT2D eigenvalue weighted by atomic mass is 16.6. The van der Waals surface area contributed by atoms with Gasteiger partial charge in [-0.1, -0.05) is 18.2 Å². The molecule has 5 heteroatoms. The van der Waals surface area contributed by atoms with E-state index in [1.165, 1.54) is 0 Å². The quantitative estimate of drug-likeness (QED) is 0.760. The van der Waals surface area contributed by atoms with Crippen LogP contribution in [-0.4, -0.2) is 23.7 Å². The molecule has 0 radical (unpaired) electrons. The van der Waals surface area contributed by atoms with Crippen LogP contribution in [0.15, 0.2) is 24.3 Å². The molecule has 1 aliphatic rings. The average molecular weight is 262 g/mol.